The van der Waals surface area contributed by atoms with E-state index in [4.69, 9.17) is 9.84 Å². The van der Waals surface area contributed by atoms with Gasteiger partial charge in [0.15, 0.2) is 6.61 Å². The number of carbonyl (C=O) groups is 1. The lowest BCUT2D eigenvalue weighted by Gasteiger charge is -2.09. The molecule has 88 valence electrons. The third-order valence-corrected chi connectivity index (χ3v) is 2.30. The number of aromatic nitrogens is 1. The lowest BCUT2D eigenvalue weighted by Crippen LogP contribution is -2.10. The molecule has 0 unspecified atom stereocenters. The zero-order valence-corrected chi connectivity index (χ0v) is 9.79. The van der Waals surface area contributed by atoms with E-state index in [0.29, 0.717) is 5.56 Å². The molecule has 0 aliphatic carbocycles. The molecule has 0 spiro atoms. The van der Waals surface area contributed by atoms with Crippen molar-refractivity contribution in [1.82, 2.24) is 4.98 Å². The molecule has 0 fully saturated rings. The molecule has 0 radical (unpaired) electrons. The maximum absolute atomic E-state index is 11.9. The predicted molar refractivity (Wildman–Crippen MR) is 55.1 cm³/mol. The summed E-state index contributed by atoms with van der Waals surface area (Å²) in [6.45, 7) is 0.763. The monoisotopic (exact) mass is 295 g/mol. The quantitative estimate of drug-likeness (QED) is 0.867. The van der Waals surface area contributed by atoms with Crippen molar-refractivity contribution in [3.8, 4) is 5.88 Å². The van der Waals surface area contributed by atoms with Crippen LogP contribution >= 0.6 is 15.9 Å². The molecule has 0 bridgehead atoms. The number of alkyl halides is 2. The van der Waals surface area contributed by atoms with Gasteiger partial charge in [-0.25, -0.2) is 18.6 Å². The Morgan fingerprint density at radius 3 is 2.81 bits per heavy atom. The molecule has 0 saturated carbocycles. The molecule has 1 heterocycles. The first-order chi connectivity index (χ1) is 7.41. The number of carboxylic acids is 1. The highest BCUT2D eigenvalue weighted by atomic mass is 79.9. The molecule has 0 amide bonds. The summed E-state index contributed by atoms with van der Waals surface area (Å²) in [4.78, 5) is 14.5. The summed E-state index contributed by atoms with van der Waals surface area (Å²) in [5, 5.41) is 8.77. The summed E-state index contributed by atoms with van der Waals surface area (Å²) in [6, 6.07) is 1.31. The third kappa shape index (κ3) is 3.13. The standard InChI is InChI=1S/C9H8BrF2NO3/c1-4-2-5(9(14)15)7(10)13-8(4)16-3-6(11)12/h2,6H,3H2,1H3,(H,14,15). The van der Waals surface area contributed by atoms with Gasteiger partial charge in [0, 0.05) is 5.56 Å². The number of halogens is 3. The summed E-state index contributed by atoms with van der Waals surface area (Å²) in [7, 11) is 0. The lowest BCUT2D eigenvalue weighted by molar-refractivity contribution is 0.0691. The first-order valence-corrected chi connectivity index (χ1v) is 5.02. The summed E-state index contributed by atoms with van der Waals surface area (Å²) < 4.78 is 28.6. The zero-order chi connectivity index (χ0) is 12.3. The van der Waals surface area contributed by atoms with Gasteiger partial charge in [-0.2, -0.15) is 0 Å². The number of carboxylic acid groups (broad SMARTS) is 1. The van der Waals surface area contributed by atoms with E-state index in [2.05, 4.69) is 20.9 Å². The topological polar surface area (TPSA) is 59.4 Å². The van der Waals surface area contributed by atoms with Gasteiger partial charge in [0.2, 0.25) is 5.88 Å². The van der Waals surface area contributed by atoms with Crippen molar-refractivity contribution in [2.24, 2.45) is 0 Å². The number of rotatable bonds is 4. The molecule has 0 aromatic carbocycles. The van der Waals surface area contributed by atoms with E-state index in [1.165, 1.54) is 13.0 Å². The minimum Gasteiger partial charge on any atom is -0.478 e. The van der Waals surface area contributed by atoms with Crippen molar-refractivity contribution in [1.29, 1.82) is 0 Å². The van der Waals surface area contributed by atoms with Crippen LogP contribution in [0.15, 0.2) is 10.7 Å². The first kappa shape index (κ1) is 12.8. The predicted octanol–water partition coefficient (Wildman–Crippen LogP) is 2.49. The third-order valence-electron chi connectivity index (χ3n) is 1.70. The fourth-order valence-electron chi connectivity index (χ4n) is 1.01. The molecule has 1 rings (SSSR count). The molecule has 0 atom stereocenters. The molecule has 1 aromatic rings. The molecule has 1 N–H and O–H groups in total. The minimum absolute atomic E-state index is 0.00262. The lowest BCUT2D eigenvalue weighted by atomic mass is 10.2. The molecule has 0 aliphatic rings. The molecule has 16 heavy (non-hydrogen) atoms. The summed E-state index contributed by atoms with van der Waals surface area (Å²) in [5.74, 6) is -1.15. The zero-order valence-electron chi connectivity index (χ0n) is 8.21. The van der Waals surface area contributed by atoms with Crippen LogP contribution in [0.4, 0.5) is 8.78 Å². The van der Waals surface area contributed by atoms with Crippen LogP contribution in [0, 0.1) is 6.92 Å². The first-order valence-electron chi connectivity index (χ1n) is 4.23. The van der Waals surface area contributed by atoms with E-state index in [1.54, 1.807) is 0 Å². The Morgan fingerprint density at radius 1 is 1.69 bits per heavy atom. The van der Waals surface area contributed by atoms with Crippen LogP contribution in [0.1, 0.15) is 15.9 Å². The van der Waals surface area contributed by atoms with Crippen LogP contribution in [-0.4, -0.2) is 29.1 Å². The largest absolute Gasteiger partial charge is 0.478 e. The number of nitrogens with zero attached hydrogens (tertiary/aromatic N) is 1. The smallest absolute Gasteiger partial charge is 0.338 e. The van der Waals surface area contributed by atoms with Gasteiger partial charge >= 0.3 is 5.97 Å². The van der Waals surface area contributed by atoms with Gasteiger partial charge in [0.25, 0.3) is 6.43 Å². The van der Waals surface area contributed by atoms with E-state index in [0.717, 1.165) is 0 Å². The second kappa shape index (κ2) is 5.20. The Bertz CT molecular complexity index is 412. The highest BCUT2D eigenvalue weighted by Gasteiger charge is 2.14. The number of aromatic carboxylic acids is 1. The highest BCUT2D eigenvalue weighted by Crippen LogP contribution is 2.23. The maximum atomic E-state index is 11.9. The van der Waals surface area contributed by atoms with Gasteiger partial charge in [-0.1, -0.05) is 0 Å². The maximum Gasteiger partial charge on any atom is 0.338 e. The number of aryl methyl sites for hydroxylation is 1. The fourth-order valence-corrected chi connectivity index (χ4v) is 1.46. The molecular weight excluding hydrogens is 288 g/mol. The van der Waals surface area contributed by atoms with Gasteiger partial charge in [-0.3, -0.25) is 0 Å². The van der Waals surface area contributed by atoms with Crippen molar-refractivity contribution in [2.75, 3.05) is 6.61 Å². The fraction of sp³-hybridized carbons (Fsp3) is 0.333. The summed E-state index contributed by atoms with van der Waals surface area (Å²) in [5.41, 5.74) is 0.350. The van der Waals surface area contributed by atoms with E-state index in [1.807, 2.05) is 0 Å². The van der Waals surface area contributed by atoms with E-state index < -0.39 is 19.0 Å². The van der Waals surface area contributed by atoms with Gasteiger partial charge in [-0.15, -0.1) is 0 Å². The van der Waals surface area contributed by atoms with E-state index in [9.17, 15) is 13.6 Å². The Balaban J connectivity index is 2.96. The number of hydrogen-bond donors (Lipinski definition) is 1. The van der Waals surface area contributed by atoms with Crippen molar-refractivity contribution in [3.05, 3.63) is 21.8 Å². The average molecular weight is 296 g/mol. The van der Waals surface area contributed by atoms with Crippen LogP contribution in [-0.2, 0) is 0 Å². The Hall–Kier alpha value is -1.24. The summed E-state index contributed by atoms with van der Waals surface area (Å²) in [6.07, 6.45) is -2.60. The SMILES string of the molecule is Cc1cc(C(=O)O)c(Br)nc1OCC(F)F. The molecule has 0 aliphatic heterocycles. The van der Waals surface area contributed by atoms with Crippen molar-refractivity contribution in [2.45, 2.75) is 13.3 Å². The number of pyridine rings is 1. The normalized spacial score (nSPS) is 10.6. The average Bonchev–Trinajstić information content (AvgIpc) is 2.18. The molecule has 1 aromatic heterocycles. The highest BCUT2D eigenvalue weighted by molar-refractivity contribution is 9.10. The van der Waals surface area contributed by atoms with E-state index >= 15 is 0 Å². The van der Waals surface area contributed by atoms with Crippen LogP contribution in [0.25, 0.3) is 0 Å². The minimum atomic E-state index is -2.60. The van der Waals surface area contributed by atoms with Crippen LogP contribution in [0.2, 0.25) is 0 Å². The number of hydrogen-bond acceptors (Lipinski definition) is 3. The second-order valence-corrected chi connectivity index (χ2v) is 3.71. The van der Waals surface area contributed by atoms with Gasteiger partial charge in [0.05, 0.1) is 5.56 Å². The van der Waals surface area contributed by atoms with Gasteiger partial charge < -0.3 is 9.84 Å². The Morgan fingerprint density at radius 2 is 2.31 bits per heavy atom. The molecule has 7 heteroatoms. The van der Waals surface area contributed by atoms with Gasteiger partial charge in [0.1, 0.15) is 4.60 Å². The van der Waals surface area contributed by atoms with Gasteiger partial charge in [-0.05, 0) is 28.9 Å². The summed E-state index contributed by atoms with van der Waals surface area (Å²) >= 11 is 2.93. The van der Waals surface area contributed by atoms with Crippen LogP contribution in [0.5, 0.6) is 5.88 Å². The Kier molecular flexibility index (Phi) is 4.17. The molecule has 0 saturated heterocycles. The van der Waals surface area contributed by atoms with Crippen molar-refractivity contribution >= 4 is 21.9 Å². The van der Waals surface area contributed by atoms with Crippen LogP contribution < -0.4 is 4.74 Å². The second-order valence-electron chi connectivity index (χ2n) is 2.96. The number of ether oxygens (including phenoxy) is 1. The van der Waals surface area contributed by atoms with Crippen molar-refractivity contribution < 1.29 is 23.4 Å². The van der Waals surface area contributed by atoms with Crippen LogP contribution in [0.3, 0.4) is 0 Å². The van der Waals surface area contributed by atoms with Crippen molar-refractivity contribution in [3.63, 3.8) is 0 Å². The van der Waals surface area contributed by atoms with E-state index in [-0.39, 0.29) is 16.0 Å². The molecular formula is C9H8BrF2NO3. The Labute approximate surface area is 98.4 Å². The molecule has 4 nitrogen and oxygen atoms in total.